The number of alkyl halides is 3. The van der Waals surface area contributed by atoms with Crippen LogP contribution >= 0.6 is 0 Å². The zero-order valence-corrected chi connectivity index (χ0v) is 17.2. The lowest BCUT2D eigenvalue weighted by atomic mass is 9.72. The first-order valence-electron chi connectivity index (χ1n) is 10.3. The van der Waals surface area contributed by atoms with Crippen LogP contribution in [0, 0.1) is 11.8 Å². The molecular formula is C22H29F3N2O2. The highest BCUT2D eigenvalue weighted by Gasteiger charge is 2.42. The Morgan fingerprint density at radius 1 is 1.00 bits per heavy atom. The molecule has 1 saturated carbocycles. The summed E-state index contributed by atoms with van der Waals surface area (Å²) in [5.74, 6) is 0.190. The van der Waals surface area contributed by atoms with Gasteiger partial charge in [0.2, 0.25) is 5.91 Å². The summed E-state index contributed by atoms with van der Waals surface area (Å²) in [6.45, 7) is 6.14. The van der Waals surface area contributed by atoms with Crippen molar-refractivity contribution < 1.29 is 22.8 Å². The van der Waals surface area contributed by atoms with Crippen LogP contribution < -0.4 is 5.32 Å². The molecule has 0 radical (unpaired) electrons. The van der Waals surface area contributed by atoms with Gasteiger partial charge in [-0.05, 0) is 69.7 Å². The highest BCUT2D eigenvalue weighted by Crippen LogP contribution is 2.39. The van der Waals surface area contributed by atoms with E-state index in [4.69, 9.17) is 0 Å². The predicted octanol–water partition coefficient (Wildman–Crippen LogP) is 4.64. The van der Waals surface area contributed by atoms with Crippen LogP contribution in [0.5, 0.6) is 0 Å². The molecule has 0 aromatic heterocycles. The van der Waals surface area contributed by atoms with Gasteiger partial charge in [0, 0.05) is 17.6 Å². The maximum atomic E-state index is 13.2. The Kier molecular flexibility index (Phi) is 5.97. The number of fused-ring (bicyclic) bond motifs is 1. The smallest absolute Gasteiger partial charge is 0.350 e. The summed E-state index contributed by atoms with van der Waals surface area (Å²) >= 11 is 0. The lowest BCUT2D eigenvalue weighted by Crippen LogP contribution is -2.59. The van der Waals surface area contributed by atoms with E-state index in [1.807, 2.05) is 20.8 Å². The molecule has 3 unspecified atom stereocenters. The van der Waals surface area contributed by atoms with Gasteiger partial charge in [0.15, 0.2) is 0 Å². The molecule has 1 aliphatic heterocycles. The molecular weight excluding hydrogens is 381 g/mol. The molecule has 0 spiro atoms. The standard InChI is InChI=1S/C22H29F3N2O2/c1-21(2,3)26-19(28)18-12-15-6-4-5-7-16(15)13-27(18)20(29)14-8-10-17(11-9-14)22(23,24)25/h8-11,15-16,18H,4-7,12-13H2,1-3H3,(H,26,28). The van der Waals surface area contributed by atoms with E-state index in [-0.39, 0.29) is 17.4 Å². The number of halogens is 3. The minimum atomic E-state index is -4.45. The molecule has 1 aliphatic carbocycles. The van der Waals surface area contributed by atoms with E-state index in [2.05, 4.69) is 5.32 Å². The minimum absolute atomic E-state index is 0.181. The van der Waals surface area contributed by atoms with E-state index in [1.165, 1.54) is 12.1 Å². The van der Waals surface area contributed by atoms with Crippen LogP contribution in [-0.4, -0.2) is 34.8 Å². The van der Waals surface area contributed by atoms with Crippen LogP contribution in [0.2, 0.25) is 0 Å². The van der Waals surface area contributed by atoms with Crippen LogP contribution in [0.3, 0.4) is 0 Å². The van der Waals surface area contributed by atoms with Gasteiger partial charge in [0.1, 0.15) is 6.04 Å². The highest BCUT2D eigenvalue weighted by molar-refractivity contribution is 5.98. The molecule has 7 heteroatoms. The van der Waals surface area contributed by atoms with Crippen LogP contribution in [-0.2, 0) is 11.0 Å². The van der Waals surface area contributed by atoms with Crippen molar-refractivity contribution >= 4 is 11.8 Å². The summed E-state index contributed by atoms with van der Waals surface area (Å²) in [7, 11) is 0. The SMILES string of the molecule is CC(C)(C)NC(=O)C1CC2CCCCC2CN1C(=O)c1ccc(C(F)(F)F)cc1. The molecule has 3 atom stereocenters. The van der Waals surface area contributed by atoms with Crippen LogP contribution in [0.25, 0.3) is 0 Å². The van der Waals surface area contributed by atoms with E-state index in [0.29, 0.717) is 24.8 Å². The van der Waals surface area contributed by atoms with Gasteiger partial charge >= 0.3 is 6.18 Å². The molecule has 4 nitrogen and oxygen atoms in total. The summed E-state index contributed by atoms with van der Waals surface area (Å²) in [5.41, 5.74) is -1.04. The van der Waals surface area contributed by atoms with Gasteiger partial charge in [-0.25, -0.2) is 0 Å². The Labute approximate surface area is 169 Å². The monoisotopic (exact) mass is 410 g/mol. The van der Waals surface area contributed by atoms with Crippen molar-refractivity contribution in [1.29, 1.82) is 0 Å². The summed E-state index contributed by atoms with van der Waals surface area (Å²) < 4.78 is 38.5. The van der Waals surface area contributed by atoms with Gasteiger partial charge in [-0.2, -0.15) is 13.2 Å². The maximum Gasteiger partial charge on any atom is 0.416 e. The van der Waals surface area contributed by atoms with Crippen molar-refractivity contribution in [1.82, 2.24) is 10.2 Å². The Bertz CT molecular complexity index is 753. The zero-order chi connectivity index (χ0) is 21.4. The number of carbonyl (C=O) groups is 2. The summed E-state index contributed by atoms with van der Waals surface area (Å²) in [5, 5.41) is 2.97. The molecule has 0 bridgehead atoms. The molecule has 1 heterocycles. The van der Waals surface area contributed by atoms with E-state index in [9.17, 15) is 22.8 Å². The number of nitrogens with one attached hydrogen (secondary N) is 1. The highest BCUT2D eigenvalue weighted by atomic mass is 19.4. The molecule has 1 aromatic carbocycles. The van der Waals surface area contributed by atoms with Gasteiger partial charge in [0.25, 0.3) is 5.91 Å². The third kappa shape index (κ3) is 5.11. The second kappa shape index (κ2) is 8.00. The van der Waals surface area contributed by atoms with Crippen molar-refractivity contribution in [2.45, 2.75) is 70.6 Å². The van der Waals surface area contributed by atoms with Crippen molar-refractivity contribution in [3.63, 3.8) is 0 Å². The lowest BCUT2D eigenvalue weighted by molar-refractivity contribution is -0.137. The molecule has 1 N–H and O–H groups in total. The van der Waals surface area contributed by atoms with Crippen LogP contribution in [0.15, 0.2) is 24.3 Å². The number of hydrogen-bond acceptors (Lipinski definition) is 2. The lowest BCUT2D eigenvalue weighted by Gasteiger charge is -2.46. The molecule has 1 saturated heterocycles. The van der Waals surface area contributed by atoms with Gasteiger partial charge in [-0.15, -0.1) is 0 Å². The number of nitrogens with zero attached hydrogens (tertiary/aromatic N) is 1. The quantitative estimate of drug-likeness (QED) is 0.772. The average molecular weight is 410 g/mol. The normalized spacial score (nSPS) is 25.3. The molecule has 160 valence electrons. The fourth-order valence-electron chi connectivity index (χ4n) is 4.52. The second-order valence-corrected chi connectivity index (χ2v) is 9.33. The first-order valence-corrected chi connectivity index (χ1v) is 10.3. The van der Waals surface area contributed by atoms with Crippen molar-refractivity contribution in [3.05, 3.63) is 35.4 Å². The van der Waals surface area contributed by atoms with Gasteiger partial charge in [-0.1, -0.05) is 19.3 Å². The average Bonchev–Trinajstić information content (AvgIpc) is 2.64. The Morgan fingerprint density at radius 2 is 1.59 bits per heavy atom. The van der Waals surface area contributed by atoms with Crippen molar-refractivity contribution in [3.8, 4) is 0 Å². The summed E-state index contributed by atoms with van der Waals surface area (Å²) in [6.07, 6.45) is 0.501. The second-order valence-electron chi connectivity index (χ2n) is 9.33. The number of carbonyl (C=O) groups excluding carboxylic acids is 2. The predicted molar refractivity (Wildman–Crippen MR) is 104 cm³/mol. The zero-order valence-electron chi connectivity index (χ0n) is 17.2. The van der Waals surface area contributed by atoms with E-state index in [1.54, 1.807) is 4.90 Å². The summed E-state index contributed by atoms with van der Waals surface area (Å²) in [6, 6.07) is 3.66. The first-order chi connectivity index (χ1) is 13.5. The van der Waals surface area contributed by atoms with Crippen molar-refractivity contribution in [2.75, 3.05) is 6.54 Å². The first kappa shape index (κ1) is 21.7. The van der Waals surface area contributed by atoms with Gasteiger partial charge in [0.05, 0.1) is 5.56 Å². The largest absolute Gasteiger partial charge is 0.416 e. The van der Waals surface area contributed by atoms with E-state index >= 15 is 0 Å². The number of hydrogen-bond donors (Lipinski definition) is 1. The number of rotatable bonds is 2. The van der Waals surface area contributed by atoms with Gasteiger partial charge in [-0.3, -0.25) is 9.59 Å². The Balaban J connectivity index is 1.85. The van der Waals surface area contributed by atoms with E-state index in [0.717, 1.165) is 37.8 Å². The maximum absolute atomic E-state index is 13.2. The summed E-state index contributed by atoms with van der Waals surface area (Å²) in [4.78, 5) is 27.7. The fraction of sp³-hybridized carbons (Fsp3) is 0.636. The molecule has 2 amide bonds. The number of piperidine rings is 1. The molecule has 2 aliphatic rings. The van der Waals surface area contributed by atoms with Crippen LogP contribution in [0.4, 0.5) is 13.2 Å². The number of benzene rings is 1. The Morgan fingerprint density at radius 3 is 2.14 bits per heavy atom. The van der Waals surface area contributed by atoms with Crippen LogP contribution in [0.1, 0.15) is 68.8 Å². The van der Waals surface area contributed by atoms with Crippen molar-refractivity contribution in [2.24, 2.45) is 11.8 Å². The topological polar surface area (TPSA) is 49.4 Å². The molecule has 1 aromatic rings. The van der Waals surface area contributed by atoms with E-state index < -0.39 is 23.3 Å². The molecule has 2 fully saturated rings. The van der Waals surface area contributed by atoms with Gasteiger partial charge < -0.3 is 10.2 Å². The fourth-order valence-corrected chi connectivity index (χ4v) is 4.52. The number of likely N-dealkylation sites (tertiary alicyclic amines) is 1. The Hall–Kier alpha value is -2.05. The minimum Gasteiger partial charge on any atom is -0.350 e. The molecule has 3 rings (SSSR count). The number of amides is 2. The molecule has 29 heavy (non-hydrogen) atoms. The third-order valence-electron chi connectivity index (χ3n) is 5.92. The third-order valence-corrected chi connectivity index (χ3v) is 5.92.